The Kier molecular flexibility index (Phi) is 6.53. The summed E-state index contributed by atoms with van der Waals surface area (Å²) in [4.78, 5) is 2.39. The minimum absolute atomic E-state index is 0.874. The van der Waals surface area contributed by atoms with Crippen LogP contribution >= 0.6 is 0 Å². The average Bonchev–Trinajstić information content (AvgIpc) is 3.57. The smallest absolute Gasteiger partial charge is 0.137 e. The molecule has 10 aromatic rings. The number of para-hydroxylation sites is 1. The van der Waals surface area contributed by atoms with Gasteiger partial charge in [-0.1, -0.05) is 140 Å². The van der Waals surface area contributed by atoms with Crippen LogP contribution in [0.1, 0.15) is 0 Å². The van der Waals surface area contributed by atoms with Crippen molar-refractivity contribution in [2.75, 3.05) is 4.90 Å². The first-order valence-corrected chi connectivity index (χ1v) is 17.1. The van der Waals surface area contributed by atoms with E-state index < -0.39 is 0 Å². The third kappa shape index (κ3) is 4.65. The zero-order valence-electron chi connectivity index (χ0n) is 27.3. The number of hydrogen-bond donors (Lipinski definition) is 0. The van der Waals surface area contributed by atoms with Gasteiger partial charge in [0.1, 0.15) is 11.2 Å². The lowest BCUT2D eigenvalue weighted by molar-refractivity contribution is 0.669. The summed E-state index contributed by atoms with van der Waals surface area (Å²) < 4.78 is 6.39. The predicted octanol–water partition coefficient (Wildman–Crippen LogP) is 13.8. The van der Waals surface area contributed by atoms with E-state index in [1.807, 2.05) is 12.1 Å². The highest BCUT2D eigenvalue weighted by Crippen LogP contribution is 2.44. The SMILES string of the molecule is c1cc(-c2cccc(N(c3ccc4c(ccc5ccccc54)c3)c3cccc4oc5ccccc5c34)c2)cc(-c2cccc3ccccc23)c1. The standard InChI is InChI=1S/C48H31NO/c1-3-18-40-32(11-1)13-9-21-42(40)36-16-7-14-34(29-36)35-15-8-17-38(30-35)49(45-22-10-24-47-48(45)44-20-5-6-23-46(44)50-47)39-27-28-43-37(31-39)26-25-33-12-2-4-19-41(33)43/h1-31H. The van der Waals surface area contributed by atoms with Crippen molar-refractivity contribution in [3.8, 4) is 22.3 Å². The number of rotatable bonds is 5. The van der Waals surface area contributed by atoms with Gasteiger partial charge in [-0.15, -0.1) is 0 Å². The lowest BCUT2D eigenvalue weighted by atomic mass is 9.95. The van der Waals surface area contributed by atoms with Gasteiger partial charge in [-0.2, -0.15) is 0 Å². The van der Waals surface area contributed by atoms with E-state index in [9.17, 15) is 0 Å². The zero-order chi connectivity index (χ0) is 33.0. The molecule has 9 aromatic carbocycles. The van der Waals surface area contributed by atoms with E-state index in [0.29, 0.717) is 0 Å². The Morgan fingerprint density at radius 2 is 0.940 bits per heavy atom. The molecule has 0 bridgehead atoms. The molecule has 0 atom stereocenters. The third-order valence-electron chi connectivity index (χ3n) is 10.0. The van der Waals surface area contributed by atoms with Gasteiger partial charge < -0.3 is 9.32 Å². The molecule has 0 aliphatic rings. The van der Waals surface area contributed by atoms with Crippen LogP contribution < -0.4 is 4.90 Å². The van der Waals surface area contributed by atoms with Crippen LogP contribution in [0, 0.1) is 0 Å². The zero-order valence-corrected chi connectivity index (χ0v) is 27.3. The second-order valence-electron chi connectivity index (χ2n) is 12.9. The molecule has 0 N–H and O–H groups in total. The molecular formula is C48H31NO. The summed E-state index contributed by atoms with van der Waals surface area (Å²) in [6.07, 6.45) is 0. The molecule has 10 rings (SSSR count). The molecule has 0 saturated carbocycles. The van der Waals surface area contributed by atoms with Crippen molar-refractivity contribution in [1.82, 2.24) is 0 Å². The third-order valence-corrected chi connectivity index (χ3v) is 10.0. The van der Waals surface area contributed by atoms with E-state index in [1.54, 1.807) is 0 Å². The molecule has 0 aliphatic carbocycles. The molecule has 0 fully saturated rings. The van der Waals surface area contributed by atoms with E-state index in [4.69, 9.17) is 4.42 Å². The number of benzene rings is 9. The van der Waals surface area contributed by atoms with Crippen LogP contribution in [0.15, 0.2) is 192 Å². The largest absolute Gasteiger partial charge is 0.456 e. The number of fused-ring (bicyclic) bond motifs is 7. The topological polar surface area (TPSA) is 16.4 Å². The highest BCUT2D eigenvalue weighted by atomic mass is 16.3. The number of anilines is 3. The first-order valence-electron chi connectivity index (χ1n) is 17.1. The van der Waals surface area contributed by atoms with Crippen LogP contribution in [0.3, 0.4) is 0 Å². The first kappa shape index (κ1) is 28.4. The maximum atomic E-state index is 6.39. The fraction of sp³-hybridized carbons (Fsp3) is 0. The number of nitrogens with zero attached hydrogens (tertiary/aromatic N) is 1. The molecule has 1 aromatic heterocycles. The molecule has 50 heavy (non-hydrogen) atoms. The summed E-state index contributed by atoms with van der Waals surface area (Å²) >= 11 is 0. The van der Waals surface area contributed by atoms with Crippen LogP contribution in [0.2, 0.25) is 0 Å². The minimum Gasteiger partial charge on any atom is -0.456 e. The van der Waals surface area contributed by atoms with Crippen LogP contribution in [-0.4, -0.2) is 0 Å². The molecule has 1 heterocycles. The van der Waals surface area contributed by atoms with Gasteiger partial charge in [0.2, 0.25) is 0 Å². The Hall–Kier alpha value is -6.64. The van der Waals surface area contributed by atoms with Gasteiger partial charge in [-0.25, -0.2) is 0 Å². The molecular weight excluding hydrogens is 607 g/mol. The average molecular weight is 638 g/mol. The molecule has 0 unspecified atom stereocenters. The lowest BCUT2D eigenvalue weighted by Gasteiger charge is -2.27. The molecule has 0 spiro atoms. The van der Waals surface area contributed by atoms with Gasteiger partial charge in [0.15, 0.2) is 0 Å². The van der Waals surface area contributed by atoms with E-state index in [0.717, 1.165) is 44.6 Å². The Balaban J connectivity index is 1.17. The quantitative estimate of drug-likeness (QED) is 0.175. The Morgan fingerprint density at radius 3 is 1.84 bits per heavy atom. The Labute approximate surface area is 290 Å². The van der Waals surface area contributed by atoms with Gasteiger partial charge in [0.05, 0.1) is 11.1 Å². The Morgan fingerprint density at radius 1 is 0.340 bits per heavy atom. The predicted molar refractivity (Wildman–Crippen MR) is 212 cm³/mol. The van der Waals surface area contributed by atoms with Crippen molar-refractivity contribution >= 4 is 71.3 Å². The van der Waals surface area contributed by atoms with E-state index in [1.165, 1.54) is 49.0 Å². The number of furan rings is 1. The van der Waals surface area contributed by atoms with Crippen molar-refractivity contribution in [3.63, 3.8) is 0 Å². The van der Waals surface area contributed by atoms with Crippen molar-refractivity contribution in [3.05, 3.63) is 188 Å². The highest BCUT2D eigenvalue weighted by Gasteiger charge is 2.20. The molecule has 2 heteroatoms. The van der Waals surface area contributed by atoms with Crippen molar-refractivity contribution < 1.29 is 4.42 Å². The highest BCUT2D eigenvalue weighted by molar-refractivity contribution is 6.14. The van der Waals surface area contributed by atoms with Gasteiger partial charge in [-0.05, 0) is 103 Å². The fourth-order valence-electron chi connectivity index (χ4n) is 7.68. The van der Waals surface area contributed by atoms with Crippen LogP contribution in [0.4, 0.5) is 17.1 Å². The van der Waals surface area contributed by atoms with Gasteiger partial charge in [0.25, 0.3) is 0 Å². The molecule has 0 amide bonds. The summed E-state index contributed by atoms with van der Waals surface area (Å²) in [5.41, 5.74) is 9.79. The van der Waals surface area contributed by atoms with Gasteiger partial charge >= 0.3 is 0 Å². The van der Waals surface area contributed by atoms with Gasteiger partial charge in [0, 0.05) is 16.8 Å². The fourth-order valence-corrected chi connectivity index (χ4v) is 7.68. The Bertz CT molecular complexity index is 2890. The molecule has 0 aliphatic heterocycles. The monoisotopic (exact) mass is 637 g/mol. The molecule has 2 nitrogen and oxygen atoms in total. The normalized spacial score (nSPS) is 11.6. The lowest BCUT2D eigenvalue weighted by Crippen LogP contribution is -2.10. The van der Waals surface area contributed by atoms with Crippen molar-refractivity contribution in [2.24, 2.45) is 0 Å². The summed E-state index contributed by atoms with van der Waals surface area (Å²) in [5, 5.41) is 9.68. The van der Waals surface area contributed by atoms with E-state index >= 15 is 0 Å². The summed E-state index contributed by atoms with van der Waals surface area (Å²) in [6, 6.07) is 67.6. The van der Waals surface area contributed by atoms with E-state index in [2.05, 4.69) is 181 Å². The van der Waals surface area contributed by atoms with Crippen molar-refractivity contribution in [2.45, 2.75) is 0 Å². The van der Waals surface area contributed by atoms with Gasteiger partial charge in [-0.3, -0.25) is 0 Å². The summed E-state index contributed by atoms with van der Waals surface area (Å²) in [6.45, 7) is 0. The van der Waals surface area contributed by atoms with Crippen LogP contribution in [-0.2, 0) is 0 Å². The molecule has 0 radical (unpaired) electrons. The van der Waals surface area contributed by atoms with Crippen molar-refractivity contribution in [1.29, 1.82) is 0 Å². The number of hydrogen-bond acceptors (Lipinski definition) is 2. The van der Waals surface area contributed by atoms with Crippen LogP contribution in [0.25, 0.3) is 76.5 Å². The molecule has 234 valence electrons. The van der Waals surface area contributed by atoms with E-state index in [-0.39, 0.29) is 0 Å². The summed E-state index contributed by atoms with van der Waals surface area (Å²) in [5.74, 6) is 0. The first-order chi connectivity index (χ1) is 24.8. The minimum atomic E-state index is 0.874. The summed E-state index contributed by atoms with van der Waals surface area (Å²) in [7, 11) is 0. The van der Waals surface area contributed by atoms with Crippen LogP contribution in [0.5, 0.6) is 0 Å². The second kappa shape index (κ2) is 11.5. The second-order valence-corrected chi connectivity index (χ2v) is 12.9. The molecule has 0 saturated heterocycles. The maximum absolute atomic E-state index is 6.39. The maximum Gasteiger partial charge on any atom is 0.137 e.